The van der Waals surface area contributed by atoms with E-state index in [0.29, 0.717) is 12.2 Å². The lowest BCUT2D eigenvalue weighted by molar-refractivity contribution is -0.142. The molecule has 6 nitrogen and oxygen atoms in total. The molecule has 1 aromatic carbocycles. The first-order valence-corrected chi connectivity index (χ1v) is 9.72. The number of rotatable bonds is 3. The van der Waals surface area contributed by atoms with E-state index >= 15 is 0 Å². The van der Waals surface area contributed by atoms with Gasteiger partial charge in [0.1, 0.15) is 12.1 Å². The lowest BCUT2D eigenvalue weighted by Gasteiger charge is -2.32. The molecule has 0 amide bonds. The Hall–Kier alpha value is -2.68. The predicted octanol–water partition coefficient (Wildman–Crippen LogP) is 3.46. The van der Waals surface area contributed by atoms with Gasteiger partial charge in [-0.25, -0.2) is 4.98 Å². The second-order valence-electron chi connectivity index (χ2n) is 7.65. The monoisotopic (exact) mass is 403 g/mol. The van der Waals surface area contributed by atoms with Crippen LogP contribution in [-0.4, -0.2) is 44.2 Å². The van der Waals surface area contributed by atoms with Gasteiger partial charge in [0, 0.05) is 25.4 Å². The van der Waals surface area contributed by atoms with Crippen molar-refractivity contribution in [2.24, 2.45) is 0 Å². The van der Waals surface area contributed by atoms with Crippen LogP contribution in [0.5, 0.6) is 5.75 Å². The second-order valence-corrected chi connectivity index (χ2v) is 7.65. The number of aromatic nitrogens is 4. The van der Waals surface area contributed by atoms with Crippen LogP contribution in [0.25, 0.3) is 5.78 Å². The number of ether oxygens (including phenoxy) is 1. The minimum absolute atomic E-state index is 0.00873. The second kappa shape index (κ2) is 6.98. The van der Waals surface area contributed by atoms with Crippen molar-refractivity contribution in [2.75, 3.05) is 19.7 Å². The van der Waals surface area contributed by atoms with Crippen molar-refractivity contribution < 1.29 is 17.9 Å². The fourth-order valence-corrected chi connectivity index (χ4v) is 4.28. The molecule has 29 heavy (non-hydrogen) atoms. The summed E-state index contributed by atoms with van der Waals surface area (Å²) in [5.41, 5.74) is 2.03. The number of alkyl halides is 3. The first-order valence-electron chi connectivity index (χ1n) is 9.72. The van der Waals surface area contributed by atoms with Crippen molar-refractivity contribution in [3.63, 3.8) is 0 Å². The molecule has 0 radical (unpaired) electrons. The van der Waals surface area contributed by atoms with Crippen LogP contribution in [-0.2, 0) is 19.1 Å². The van der Waals surface area contributed by atoms with Gasteiger partial charge in [0.15, 0.2) is 5.69 Å². The van der Waals surface area contributed by atoms with Crippen molar-refractivity contribution >= 4 is 5.78 Å². The molecule has 2 aliphatic heterocycles. The molecule has 0 N–H and O–H groups in total. The Bertz CT molecular complexity index is 1050. The van der Waals surface area contributed by atoms with Crippen LogP contribution in [0.1, 0.15) is 41.3 Å². The molecule has 0 bridgehead atoms. The molecule has 152 valence electrons. The minimum atomic E-state index is -4.51. The minimum Gasteiger partial charge on any atom is -0.493 e. The molecule has 2 aromatic heterocycles. The van der Waals surface area contributed by atoms with E-state index in [1.54, 1.807) is 0 Å². The van der Waals surface area contributed by atoms with Crippen molar-refractivity contribution in [3.8, 4) is 5.75 Å². The molecule has 1 fully saturated rings. The van der Waals surface area contributed by atoms with E-state index in [-0.39, 0.29) is 11.7 Å². The standard InChI is InChI=1S/C20H20F3N5O/c21-20(22,23)18-9-16(26-19-24-12-25-28(18)19)15-2-1-6-27(11-15)10-13-3-4-17-14(8-13)5-7-29-17/h3-4,8-9,12,15H,1-2,5-7,10-11H2. The molecule has 0 saturated carbocycles. The van der Waals surface area contributed by atoms with E-state index in [1.165, 1.54) is 11.1 Å². The Morgan fingerprint density at radius 3 is 2.97 bits per heavy atom. The smallest absolute Gasteiger partial charge is 0.433 e. The molecule has 1 atom stereocenters. The molecule has 9 heteroatoms. The first-order chi connectivity index (χ1) is 14.0. The van der Waals surface area contributed by atoms with Gasteiger partial charge in [-0.1, -0.05) is 12.1 Å². The summed E-state index contributed by atoms with van der Waals surface area (Å²) in [6.07, 6.45) is -0.756. The number of halogens is 3. The lowest BCUT2D eigenvalue weighted by atomic mass is 9.93. The summed E-state index contributed by atoms with van der Waals surface area (Å²) in [7, 11) is 0. The van der Waals surface area contributed by atoms with E-state index in [2.05, 4.69) is 32.1 Å². The summed E-state index contributed by atoms with van der Waals surface area (Å²) in [5.74, 6) is 0.880. The van der Waals surface area contributed by atoms with E-state index in [0.717, 1.165) is 61.6 Å². The lowest BCUT2D eigenvalue weighted by Crippen LogP contribution is -2.34. The van der Waals surface area contributed by atoms with E-state index < -0.39 is 11.9 Å². The van der Waals surface area contributed by atoms with Gasteiger partial charge in [0.2, 0.25) is 0 Å². The number of likely N-dealkylation sites (tertiary alicyclic amines) is 1. The third-order valence-corrected chi connectivity index (χ3v) is 5.65. The van der Waals surface area contributed by atoms with Gasteiger partial charge in [-0.2, -0.15) is 27.8 Å². The quantitative estimate of drug-likeness (QED) is 0.671. The maximum atomic E-state index is 13.5. The molecule has 4 heterocycles. The van der Waals surface area contributed by atoms with Crippen LogP contribution < -0.4 is 4.74 Å². The first kappa shape index (κ1) is 18.4. The van der Waals surface area contributed by atoms with Crippen molar-refractivity contribution in [2.45, 2.75) is 37.9 Å². The Morgan fingerprint density at radius 1 is 1.21 bits per heavy atom. The van der Waals surface area contributed by atoms with Gasteiger partial charge < -0.3 is 4.74 Å². The highest BCUT2D eigenvalue weighted by Crippen LogP contribution is 2.33. The number of fused-ring (bicyclic) bond motifs is 2. The number of hydrogen-bond acceptors (Lipinski definition) is 5. The summed E-state index contributed by atoms with van der Waals surface area (Å²) in [6.45, 7) is 3.08. The van der Waals surface area contributed by atoms with Crippen LogP contribution in [0.3, 0.4) is 0 Å². The number of benzene rings is 1. The molecular formula is C20H20F3N5O. The molecule has 2 aliphatic rings. The summed E-state index contributed by atoms with van der Waals surface area (Å²) < 4.78 is 46.8. The van der Waals surface area contributed by atoms with Gasteiger partial charge in [0.25, 0.3) is 5.78 Å². The Labute approximate surface area is 165 Å². The molecule has 1 saturated heterocycles. The SMILES string of the molecule is FC(F)(F)c1cc(C2CCCN(Cc3ccc4c(c3)CCO4)C2)nc2ncnn12. The maximum Gasteiger partial charge on any atom is 0.433 e. The summed E-state index contributed by atoms with van der Waals surface area (Å²) in [6, 6.07) is 7.38. The van der Waals surface area contributed by atoms with Gasteiger partial charge in [-0.15, -0.1) is 0 Å². The predicted molar refractivity (Wildman–Crippen MR) is 98.7 cm³/mol. The zero-order chi connectivity index (χ0) is 20.0. The Balaban J connectivity index is 1.38. The molecule has 5 rings (SSSR count). The summed E-state index contributed by atoms with van der Waals surface area (Å²) >= 11 is 0. The zero-order valence-corrected chi connectivity index (χ0v) is 15.7. The van der Waals surface area contributed by atoms with Crippen LogP contribution >= 0.6 is 0 Å². The average Bonchev–Trinajstić information content (AvgIpc) is 3.35. The van der Waals surface area contributed by atoms with Gasteiger partial charge in [-0.3, -0.25) is 4.90 Å². The molecule has 0 aliphatic carbocycles. The highest BCUT2D eigenvalue weighted by atomic mass is 19.4. The fourth-order valence-electron chi connectivity index (χ4n) is 4.28. The Morgan fingerprint density at radius 2 is 2.10 bits per heavy atom. The van der Waals surface area contributed by atoms with Gasteiger partial charge >= 0.3 is 6.18 Å². The third kappa shape index (κ3) is 3.55. The fraction of sp³-hybridized carbons (Fsp3) is 0.450. The van der Waals surface area contributed by atoms with Gasteiger partial charge in [-0.05, 0) is 42.6 Å². The summed E-state index contributed by atoms with van der Waals surface area (Å²) in [4.78, 5) is 10.5. The molecule has 3 aromatic rings. The molecular weight excluding hydrogens is 383 g/mol. The van der Waals surface area contributed by atoms with Crippen LogP contribution in [0.2, 0.25) is 0 Å². The van der Waals surface area contributed by atoms with Crippen LogP contribution in [0, 0.1) is 0 Å². The average molecular weight is 403 g/mol. The van der Waals surface area contributed by atoms with Crippen molar-refractivity contribution in [1.29, 1.82) is 0 Å². The third-order valence-electron chi connectivity index (χ3n) is 5.65. The number of piperidine rings is 1. The van der Waals surface area contributed by atoms with Crippen molar-refractivity contribution in [1.82, 2.24) is 24.5 Å². The normalized spacial score (nSPS) is 20.0. The topological polar surface area (TPSA) is 55.5 Å². The highest BCUT2D eigenvalue weighted by Gasteiger charge is 2.36. The van der Waals surface area contributed by atoms with Crippen LogP contribution in [0.4, 0.5) is 13.2 Å². The van der Waals surface area contributed by atoms with E-state index in [4.69, 9.17) is 4.74 Å². The Kier molecular flexibility index (Phi) is 4.42. The van der Waals surface area contributed by atoms with E-state index in [1.807, 2.05) is 6.07 Å². The highest BCUT2D eigenvalue weighted by molar-refractivity contribution is 5.40. The van der Waals surface area contributed by atoms with E-state index in [9.17, 15) is 13.2 Å². The number of hydrogen-bond donors (Lipinski definition) is 0. The van der Waals surface area contributed by atoms with Crippen LogP contribution in [0.15, 0.2) is 30.6 Å². The zero-order valence-electron chi connectivity index (χ0n) is 15.7. The molecule has 0 spiro atoms. The van der Waals surface area contributed by atoms with Gasteiger partial charge in [0.05, 0.1) is 12.3 Å². The van der Waals surface area contributed by atoms with Crippen molar-refractivity contribution in [3.05, 3.63) is 53.1 Å². The summed E-state index contributed by atoms with van der Waals surface area (Å²) in [5, 5.41) is 3.67. The maximum absolute atomic E-state index is 13.5. The molecule has 1 unspecified atom stereocenters. The largest absolute Gasteiger partial charge is 0.493 e. The number of nitrogens with zero attached hydrogens (tertiary/aromatic N) is 5.